The fourth-order valence-corrected chi connectivity index (χ4v) is 1.99. The number of morpholine rings is 1. The quantitative estimate of drug-likeness (QED) is 0.668. The van der Waals surface area contributed by atoms with Crippen LogP contribution in [0, 0.1) is 0 Å². The summed E-state index contributed by atoms with van der Waals surface area (Å²) in [5.74, 6) is 0.0521. The fraction of sp³-hybridized carbons (Fsp3) is 0.917. The summed E-state index contributed by atoms with van der Waals surface area (Å²) >= 11 is 0. The van der Waals surface area contributed by atoms with Crippen LogP contribution in [-0.4, -0.2) is 76.6 Å². The van der Waals surface area contributed by atoms with E-state index < -0.39 is 0 Å². The maximum absolute atomic E-state index is 12.4. The summed E-state index contributed by atoms with van der Waals surface area (Å²) < 4.78 is 15.5. The first-order valence-corrected chi connectivity index (χ1v) is 6.30. The van der Waals surface area contributed by atoms with Crippen LogP contribution in [-0.2, 0) is 19.0 Å². The van der Waals surface area contributed by atoms with Gasteiger partial charge in [0.2, 0.25) is 5.91 Å². The smallest absolute Gasteiger partial charge is 0.242 e. The van der Waals surface area contributed by atoms with Crippen LogP contribution in [0.15, 0.2) is 0 Å². The molecule has 6 heteroatoms. The summed E-state index contributed by atoms with van der Waals surface area (Å²) in [6.45, 7) is 5.39. The molecule has 6 nitrogen and oxygen atoms in total. The van der Waals surface area contributed by atoms with Crippen LogP contribution in [0.25, 0.3) is 0 Å². The number of hydrogen-bond acceptors (Lipinski definition) is 5. The minimum atomic E-state index is -0.255. The molecule has 0 bridgehead atoms. The number of carbonyl (C=O) groups excluding carboxylic acids is 1. The van der Waals surface area contributed by atoms with Gasteiger partial charge in [-0.3, -0.25) is 4.79 Å². The normalized spacial score (nSPS) is 21.6. The fourth-order valence-electron chi connectivity index (χ4n) is 1.99. The lowest BCUT2D eigenvalue weighted by Crippen LogP contribution is -2.55. The Hall–Kier alpha value is -0.690. The predicted molar refractivity (Wildman–Crippen MR) is 67.5 cm³/mol. The average Bonchev–Trinajstić information content (AvgIpc) is 2.40. The standard InChI is InChI=1S/C12H24N2O4/c1-10(8-17-3)14(5-7-16-2)12(15)11-9-18-6-4-13-11/h10-11,13H,4-9H2,1-3H3. The predicted octanol–water partition coefficient (Wildman–Crippen LogP) is -0.515. The van der Waals surface area contributed by atoms with E-state index in [9.17, 15) is 4.79 Å². The molecular weight excluding hydrogens is 236 g/mol. The van der Waals surface area contributed by atoms with Gasteiger partial charge >= 0.3 is 0 Å². The number of amides is 1. The highest BCUT2D eigenvalue weighted by molar-refractivity contribution is 5.82. The summed E-state index contributed by atoms with van der Waals surface area (Å²) in [6, 6.07) is -0.226. The van der Waals surface area contributed by atoms with Crippen molar-refractivity contribution in [3.63, 3.8) is 0 Å². The average molecular weight is 260 g/mol. The van der Waals surface area contributed by atoms with Crippen molar-refractivity contribution in [3.8, 4) is 0 Å². The van der Waals surface area contributed by atoms with E-state index >= 15 is 0 Å². The van der Waals surface area contributed by atoms with E-state index in [1.807, 2.05) is 6.92 Å². The zero-order chi connectivity index (χ0) is 13.4. The molecule has 2 unspecified atom stereocenters. The Bertz CT molecular complexity index is 244. The molecule has 106 valence electrons. The lowest BCUT2D eigenvalue weighted by atomic mass is 10.2. The van der Waals surface area contributed by atoms with Crippen LogP contribution in [0.4, 0.5) is 0 Å². The molecule has 0 spiro atoms. The molecule has 0 saturated carbocycles. The summed E-state index contributed by atoms with van der Waals surface area (Å²) in [6.07, 6.45) is 0. The number of hydrogen-bond donors (Lipinski definition) is 1. The van der Waals surface area contributed by atoms with Crippen molar-refractivity contribution < 1.29 is 19.0 Å². The van der Waals surface area contributed by atoms with Gasteiger partial charge < -0.3 is 24.4 Å². The molecule has 1 N–H and O–H groups in total. The molecule has 1 heterocycles. The van der Waals surface area contributed by atoms with Gasteiger partial charge in [0.05, 0.1) is 32.5 Å². The lowest BCUT2D eigenvalue weighted by molar-refractivity contribution is -0.140. The monoisotopic (exact) mass is 260 g/mol. The Labute approximate surface area is 109 Å². The second kappa shape index (κ2) is 8.42. The van der Waals surface area contributed by atoms with E-state index in [1.165, 1.54) is 0 Å². The van der Waals surface area contributed by atoms with Crippen molar-refractivity contribution in [2.75, 3.05) is 53.7 Å². The molecule has 1 amide bonds. The first-order valence-electron chi connectivity index (χ1n) is 6.30. The molecule has 1 aliphatic heterocycles. The van der Waals surface area contributed by atoms with Crippen LogP contribution in [0.3, 0.4) is 0 Å². The topological polar surface area (TPSA) is 60.0 Å². The molecule has 1 fully saturated rings. The van der Waals surface area contributed by atoms with E-state index in [0.717, 1.165) is 0 Å². The summed E-state index contributed by atoms with van der Waals surface area (Å²) in [5.41, 5.74) is 0. The molecule has 1 saturated heterocycles. The van der Waals surface area contributed by atoms with Crippen molar-refractivity contribution >= 4 is 5.91 Å². The van der Waals surface area contributed by atoms with Gasteiger partial charge in [-0.15, -0.1) is 0 Å². The van der Waals surface area contributed by atoms with Gasteiger partial charge in [0.1, 0.15) is 6.04 Å². The van der Waals surface area contributed by atoms with Crippen LogP contribution in [0.5, 0.6) is 0 Å². The first kappa shape index (κ1) is 15.4. The van der Waals surface area contributed by atoms with Crippen molar-refractivity contribution in [1.82, 2.24) is 10.2 Å². The van der Waals surface area contributed by atoms with Crippen molar-refractivity contribution in [2.45, 2.75) is 19.0 Å². The van der Waals surface area contributed by atoms with E-state index in [0.29, 0.717) is 39.5 Å². The summed E-state index contributed by atoms with van der Waals surface area (Å²) in [5, 5.41) is 3.17. The largest absolute Gasteiger partial charge is 0.383 e. The van der Waals surface area contributed by atoms with Crippen molar-refractivity contribution in [2.24, 2.45) is 0 Å². The third-order valence-corrected chi connectivity index (χ3v) is 2.98. The molecule has 2 atom stereocenters. The molecule has 0 aliphatic carbocycles. The van der Waals surface area contributed by atoms with Crippen LogP contribution in [0.2, 0.25) is 0 Å². The van der Waals surface area contributed by atoms with Gasteiger partial charge in [0.15, 0.2) is 0 Å². The number of methoxy groups -OCH3 is 2. The Kier molecular flexibility index (Phi) is 7.19. The van der Waals surface area contributed by atoms with E-state index in [2.05, 4.69) is 5.32 Å². The van der Waals surface area contributed by atoms with Gasteiger partial charge in [-0.05, 0) is 6.92 Å². The molecule has 0 aromatic rings. The first-order chi connectivity index (χ1) is 8.70. The number of ether oxygens (including phenoxy) is 3. The third kappa shape index (κ3) is 4.53. The molecule has 1 aliphatic rings. The van der Waals surface area contributed by atoms with Gasteiger partial charge in [-0.2, -0.15) is 0 Å². The van der Waals surface area contributed by atoms with E-state index in [4.69, 9.17) is 14.2 Å². The van der Waals surface area contributed by atoms with Crippen LogP contribution < -0.4 is 5.32 Å². The molecule has 0 aromatic heterocycles. The molecule has 0 radical (unpaired) electrons. The third-order valence-electron chi connectivity index (χ3n) is 2.98. The van der Waals surface area contributed by atoms with E-state index in [-0.39, 0.29) is 18.0 Å². The number of nitrogens with one attached hydrogen (secondary N) is 1. The maximum atomic E-state index is 12.4. The zero-order valence-electron chi connectivity index (χ0n) is 11.5. The Morgan fingerprint density at radius 3 is 2.83 bits per heavy atom. The molecule has 18 heavy (non-hydrogen) atoms. The summed E-state index contributed by atoms with van der Waals surface area (Å²) in [7, 11) is 3.27. The number of nitrogens with zero attached hydrogens (tertiary/aromatic N) is 1. The minimum Gasteiger partial charge on any atom is -0.383 e. The van der Waals surface area contributed by atoms with Crippen LogP contribution in [0.1, 0.15) is 6.92 Å². The zero-order valence-corrected chi connectivity index (χ0v) is 11.5. The van der Waals surface area contributed by atoms with Gasteiger partial charge in [0.25, 0.3) is 0 Å². The SMILES string of the molecule is COCCN(C(=O)C1COCCN1)C(C)COC. The highest BCUT2D eigenvalue weighted by atomic mass is 16.5. The Morgan fingerprint density at radius 1 is 1.50 bits per heavy atom. The van der Waals surface area contributed by atoms with Gasteiger partial charge in [0, 0.05) is 27.3 Å². The lowest BCUT2D eigenvalue weighted by Gasteiger charge is -2.33. The maximum Gasteiger partial charge on any atom is 0.242 e. The van der Waals surface area contributed by atoms with Crippen molar-refractivity contribution in [3.05, 3.63) is 0 Å². The molecular formula is C12H24N2O4. The number of rotatable bonds is 7. The number of carbonyl (C=O) groups is 1. The Morgan fingerprint density at radius 2 is 2.28 bits per heavy atom. The second-order valence-corrected chi connectivity index (χ2v) is 4.41. The molecule has 1 rings (SSSR count). The highest BCUT2D eigenvalue weighted by Crippen LogP contribution is 2.06. The van der Waals surface area contributed by atoms with E-state index in [1.54, 1.807) is 19.1 Å². The van der Waals surface area contributed by atoms with Crippen molar-refractivity contribution in [1.29, 1.82) is 0 Å². The molecule has 0 aromatic carbocycles. The van der Waals surface area contributed by atoms with Gasteiger partial charge in [-0.25, -0.2) is 0 Å². The highest BCUT2D eigenvalue weighted by Gasteiger charge is 2.28. The summed E-state index contributed by atoms with van der Waals surface area (Å²) in [4.78, 5) is 14.2. The van der Waals surface area contributed by atoms with Gasteiger partial charge in [-0.1, -0.05) is 0 Å². The second-order valence-electron chi connectivity index (χ2n) is 4.41. The Balaban J connectivity index is 2.58. The minimum absolute atomic E-state index is 0.0291. The van der Waals surface area contributed by atoms with Crippen LogP contribution >= 0.6 is 0 Å².